The zero-order valence-corrected chi connectivity index (χ0v) is 15.4. The first kappa shape index (κ1) is 21.2. The van der Waals surface area contributed by atoms with E-state index in [-0.39, 0.29) is 0 Å². The van der Waals surface area contributed by atoms with Crippen LogP contribution in [0.2, 0.25) is 0 Å². The van der Waals surface area contributed by atoms with E-state index in [1.165, 1.54) is 24.5 Å². The van der Waals surface area contributed by atoms with Crippen molar-refractivity contribution in [3.8, 4) is 0 Å². The molecule has 0 saturated heterocycles. The molecule has 0 aliphatic rings. The van der Waals surface area contributed by atoms with Gasteiger partial charge in [0.2, 0.25) is 0 Å². The Morgan fingerprint density at radius 2 is 1.78 bits per heavy atom. The van der Waals surface area contributed by atoms with Gasteiger partial charge in [-0.2, -0.15) is 0 Å². The number of carbonyl (C=O) groups is 1. The Bertz CT molecular complexity index is 514. The van der Waals surface area contributed by atoms with Crippen LogP contribution in [0.4, 0.5) is 0 Å². The van der Waals surface area contributed by atoms with E-state index < -0.39 is 5.97 Å². The normalized spacial score (nSPS) is 14.0. The van der Waals surface area contributed by atoms with Crippen LogP contribution >= 0.6 is 0 Å². The zero-order chi connectivity index (χ0) is 17.9. The first-order valence-electron chi connectivity index (χ1n) is 8.19. The van der Waals surface area contributed by atoms with Crippen LogP contribution in [-0.4, -0.2) is 11.1 Å². The van der Waals surface area contributed by atoms with E-state index in [1.807, 2.05) is 19.1 Å². The van der Waals surface area contributed by atoms with Gasteiger partial charge in [0.05, 0.1) is 0 Å². The highest BCUT2D eigenvalue weighted by Crippen LogP contribution is 2.28. The maximum atomic E-state index is 10.5. The molecular weight excluding hydrogens is 284 g/mol. The molecule has 0 atom stereocenters. The second kappa shape index (κ2) is 10.8. The Kier molecular flexibility index (Phi) is 9.96. The minimum absolute atomic E-state index is 0.308. The van der Waals surface area contributed by atoms with Gasteiger partial charge in [0.1, 0.15) is 0 Å². The van der Waals surface area contributed by atoms with Gasteiger partial charge in [0.25, 0.3) is 0 Å². The van der Waals surface area contributed by atoms with Gasteiger partial charge in [-0.15, -0.1) is 6.58 Å². The molecule has 0 fully saturated rings. The van der Waals surface area contributed by atoms with Crippen LogP contribution in [0.5, 0.6) is 0 Å². The van der Waals surface area contributed by atoms with Crippen molar-refractivity contribution in [2.24, 2.45) is 5.41 Å². The molecule has 0 amide bonds. The molecule has 128 valence electrons. The summed E-state index contributed by atoms with van der Waals surface area (Å²) in [6.45, 7) is 14.5. The largest absolute Gasteiger partial charge is 0.478 e. The first-order valence-corrected chi connectivity index (χ1v) is 8.19. The average molecular weight is 316 g/mol. The number of aliphatic carboxylic acids is 1. The fourth-order valence-electron chi connectivity index (χ4n) is 2.18. The van der Waals surface area contributed by atoms with E-state index >= 15 is 0 Å². The van der Waals surface area contributed by atoms with E-state index in [0.29, 0.717) is 5.41 Å². The summed E-state index contributed by atoms with van der Waals surface area (Å²) in [7, 11) is 0. The van der Waals surface area contributed by atoms with E-state index in [0.717, 1.165) is 24.0 Å². The molecule has 2 nitrogen and oxygen atoms in total. The van der Waals surface area contributed by atoms with Crippen molar-refractivity contribution in [2.75, 3.05) is 0 Å². The fourth-order valence-corrected chi connectivity index (χ4v) is 2.18. The van der Waals surface area contributed by atoms with Gasteiger partial charge >= 0.3 is 5.97 Å². The summed E-state index contributed by atoms with van der Waals surface area (Å²) in [6, 6.07) is 0. The Hall–Kier alpha value is -1.83. The molecule has 0 bridgehead atoms. The van der Waals surface area contributed by atoms with Gasteiger partial charge in [-0.25, -0.2) is 4.79 Å². The average Bonchev–Trinajstić information content (AvgIpc) is 2.36. The highest BCUT2D eigenvalue weighted by Gasteiger charge is 2.15. The molecule has 0 heterocycles. The summed E-state index contributed by atoms with van der Waals surface area (Å²) in [5, 5.41) is 8.63. The van der Waals surface area contributed by atoms with Crippen molar-refractivity contribution in [1.82, 2.24) is 0 Å². The smallest absolute Gasteiger partial charge is 0.328 e. The third-order valence-corrected chi connectivity index (χ3v) is 3.58. The Labute approximate surface area is 142 Å². The van der Waals surface area contributed by atoms with Gasteiger partial charge in [0, 0.05) is 6.08 Å². The minimum Gasteiger partial charge on any atom is -0.478 e. The number of carboxylic acid groups (broad SMARTS) is 1. The SMILES string of the molecule is C=C(C)CCCC(C)(C)C/C=C/C(C)=C/C=C/C(C)=C/C(=O)O. The summed E-state index contributed by atoms with van der Waals surface area (Å²) < 4.78 is 0. The second-order valence-electron chi connectivity index (χ2n) is 7.08. The highest BCUT2D eigenvalue weighted by molar-refractivity contribution is 5.81. The Morgan fingerprint density at radius 1 is 1.13 bits per heavy atom. The van der Waals surface area contributed by atoms with Crippen LogP contribution in [0.25, 0.3) is 0 Å². The molecule has 0 unspecified atom stereocenters. The summed E-state index contributed by atoms with van der Waals surface area (Å²) in [5.74, 6) is -0.915. The molecule has 0 aromatic heterocycles. The van der Waals surface area contributed by atoms with Crippen molar-refractivity contribution in [2.45, 2.75) is 60.3 Å². The standard InChI is InChI=1S/C21H32O2/c1-17(2)10-8-14-21(5,6)15-9-13-18(3)11-7-12-19(4)16-20(22)23/h7,9,11-13,16H,1,8,10,14-15H2,2-6H3,(H,22,23)/b12-7+,13-9+,18-11+,19-16+. The molecular formula is C21H32O2. The quantitative estimate of drug-likeness (QED) is 0.294. The van der Waals surface area contributed by atoms with Gasteiger partial charge in [-0.3, -0.25) is 0 Å². The van der Waals surface area contributed by atoms with Crippen molar-refractivity contribution >= 4 is 5.97 Å². The molecule has 23 heavy (non-hydrogen) atoms. The number of allylic oxidation sites excluding steroid dienone is 8. The van der Waals surface area contributed by atoms with Crippen LogP contribution in [0.3, 0.4) is 0 Å². The third kappa shape index (κ3) is 13.5. The highest BCUT2D eigenvalue weighted by atomic mass is 16.4. The predicted octanol–water partition coefficient (Wildman–Crippen LogP) is 6.24. The van der Waals surface area contributed by atoms with Crippen molar-refractivity contribution < 1.29 is 9.90 Å². The molecule has 1 N–H and O–H groups in total. The monoisotopic (exact) mass is 316 g/mol. The lowest BCUT2D eigenvalue weighted by Crippen LogP contribution is -2.09. The molecule has 2 heteroatoms. The fraction of sp³-hybridized carbons (Fsp3) is 0.476. The molecule has 0 radical (unpaired) electrons. The maximum absolute atomic E-state index is 10.5. The molecule has 0 aliphatic carbocycles. The molecule has 0 aliphatic heterocycles. The van der Waals surface area contributed by atoms with Gasteiger partial charge in [-0.1, -0.05) is 55.4 Å². The Balaban J connectivity index is 4.37. The Morgan fingerprint density at radius 3 is 2.35 bits per heavy atom. The van der Waals surface area contributed by atoms with Crippen LogP contribution < -0.4 is 0 Å². The molecule has 0 aromatic carbocycles. The van der Waals surface area contributed by atoms with Gasteiger partial charge in [0.15, 0.2) is 0 Å². The molecule has 0 spiro atoms. The summed E-state index contributed by atoms with van der Waals surface area (Å²) in [4.78, 5) is 10.5. The number of carboxylic acids is 1. The number of hydrogen-bond acceptors (Lipinski definition) is 1. The van der Waals surface area contributed by atoms with Crippen LogP contribution in [0, 0.1) is 5.41 Å². The topological polar surface area (TPSA) is 37.3 Å². The van der Waals surface area contributed by atoms with Gasteiger partial charge < -0.3 is 5.11 Å². The van der Waals surface area contributed by atoms with E-state index in [4.69, 9.17) is 5.11 Å². The lowest BCUT2D eigenvalue weighted by Gasteiger charge is -2.22. The van der Waals surface area contributed by atoms with Crippen molar-refractivity contribution in [3.63, 3.8) is 0 Å². The lowest BCUT2D eigenvalue weighted by atomic mass is 9.83. The predicted molar refractivity (Wildman–Crippen MR) is 100 cm³/mol. The molecule has 0 saturated carbocycles. The maximum Gasteiger partial charge on any atom is 0.328 e. The van der Waals surface area contributed by atoms with E-state index in [9.17, 15) is 4.79 Å². The first-order chi connectivity index (χ1) is 10.6. The van der Waals surface area contributed by atoms with Crippen LogP contribution in [-0.2, 0) is 4.79 Å². The minimum atomic E-state index is -0.915. The summed E-state index contributed by atoms with van der Waals surface area (Å²) in [5.41, 5.74) is 3.45. The van der Waals surface area contributed by atoms with E-state index in [2.05, 4.69) is 39.5 Å². The van der Waals surface area contributed by atoms with E-state index in [1.54, 1.807) is 13.0 Å². The number of rotatable bonds is 10. The van der Waals surface area contributed by atoms with Crippen LogP contribution in [0.15, 0.2) is 59.8 Å². The molecule has 0 aromatic rings. The van der Waals surface area contributed by atoms with Gasteiger partial charge in [-0.05, 0) is 57.4 Å². The lowest BCUT2D eigenvalue weighted by molar-refractivity contribution is -0.131. The number of hydrogen-bond donors (Lipinski definition) is 1. The van der Waals surface area contributed by atoms with Crippen molar-refractivity contribution in [1.29, 1.82) is 0 Å². The van der Waals surface area contributed by atoms with Crippen LogP contribution in [0.1, 0.15) is 60.3 Å². The zero-order valence-electron chi connectivity index (χ0n) is 15.4. The second-order valence-corrected chi connectivity index (χ2v) is 7.08. The third-order valence-electron chi connectivity index (χ3n) is 3.58. The summed E-state index contributed by atoms with van der Waals surface area (Å²) >= 11 is 0. The molecule has 0 rings (SSSR count). The summed E-state index contributed by atoms with van der Waals surface area (Å²) in [6.07, 6.45) is 15.8. The van der Waals surface area contributed by atoms with Crippen molar-refractivity contribution in [3.05, 3.63) is 59.8 Å².